The topological polar surface area (TPSA) is 104 Å². The van der Waals surface area contributed by atoms with Crippen LogP contribution >= 0.6 is 11.3 Å². The lowest BCUT2D eigenvalue weighted by Crippen LogP contribution is -2.57. The first-order valence-electron chi connectivity index (χ1n) is 13.3. The van der Waals surface area contributed by atoms with E-state index in [1.165, 1.54) is 0 Å². The number of para-hydroxylation sites is 1. The van der Waals surface area contributed by atoms with Crippen molar-refractivity contribution in [3.05, 3.63) is 70.7 Å². The van der Waals surface area contributed by atoms with Crippen molar-refractivity contribution in [3.8, 4) is 5.75 Å². The number of carbonyl (C=O) groups excluding carboxylic acids is 1. The molecule has 202 valence electrons. The number of benzene rings is 2. The van der Waals surface area contributed by atoms with Gasteiger partial charge in [-0.1, -0.05) is 44.2 Å². The van der Waals surface area contributed by atoms with E-state index in [2.05, 4.69) is 17.6 Å². The molecule has 2 aliphatic carbocycles. The zero-order valence-electron chi connectivity index (χ0n) is 22.2. The Hall–Kier alpha value is -2.94. The van der Waals surface area contributed by atoms with E-state index in [0.717, 1.165) is 45.5 Å². The number of anilines is 2. The van der Waals surface area contributed by atoms with Crippen LogP contribution in [0.5, 0.6) is 5.75 Å². The highest BCUT2D eigenvalue weighted by Gasteiger charge is 2.59. The monoisotopic (exact) mass is 535 g/mol. The largest absolute Gasteiger partial charge is 0.497 e. The number of thiazole rings is 1. The smallest absolute Gasteiger partial charge is 0.220 e. The number of aliphatic hydroxyl groups is 2. The van der Waals surface area contributed by atoms with E-state index < -0.39 is 11.5 Å². The summed E-state index contributed by atoms with van der Waals surface area (Å²) in [6.07, 6.45) is 1.85. The molecule has 0 radical (unpaired) electrons. The van der Waals surface area contributed by atoms with E-state index in [1.54, 1.807) is 18.4 Å². The van der Waals surface area contributed by atoms with Gasteiger partial charge in [0, 0.05) is 34.9 Å². The number of fused-ring (bicyclic) bond motifs is 2. The summed E-state index contributed by atoms with van der Waals surface area (Å²) in [5, 5.41) is 28.8. The first-order chi connectivity index (χ1) is 18.3. The van der Waals surface area contributed by atoms with Crippen molar-refractivity contribution >= 4 is 28.1 Å². The molecule has 8 heteroatoms. The molecule has 2 aliphatic rings. The fourth-order valence-electron chi connectivity index (χ4n) is 6.55. The molecule has 1 heterocycles. The standard InChI is InChI=1S/C30H37N3O4S/c1-29-14-13-25(35)30(2,18-34)24(29)16-23-27(33-28(38-23)32-20-7-5-4-6-8-20)22(29)15-26(36)31-17-19-9-11-21(37-3)12-10-19/h4-12,22,24-25,34-35H,13-18H2,1-3H3,(H,31,36)(H,32,33)/t22-,24+,25-,29+,30+/m1/s1. The molecule has 1 aromatic heterocycles. The van der Waals surface area contributed by atoms with Gasteiger partial charge in [-0.05, 0) is 60.4 Å². The van der Waals surface area contributed by atoms with Gasteiger partial charge in [0.15, 0.2) is 5.13 Å². The first kappa shape index (κ1) is 26.7. The Morgan fingerprint density at radius 2 is 1.89 bits per heavy atom. The SMILES string of the molecule is COc1ccc(CNC(=O)C[C@@H]2c3nc(Nc4ccccc4)sc3C[C@@H]3[C@](C)(CO)[C@H](O)CC[C@]32C)cc1. The van der Waals surface area contributed by atoms with Crippen LogP contribution in [0.15, 0.2) is 54.6 Å². The average molecular weight is 536 g/mol. The van der Waals surface area contributed by atoms with Crippen molar-refractivity contribution in [1.82, 2.24) is 10.3 Å². The summed E-state index contributed by atoms with van der Waals surface area (Å²) in [5.74, 6) is 0.665. The van der Waals surface area contributed by atoms with Crippen LogP contribution in [-0.4, -0.2) is 40.9 Å². The number of nitrogens with one attached hydrogen (secondary N) is 2. The third-order valence-corrected chi connectivity index (χ3v) is 9.97. The molecule has 7 nitrogen and oxygen atoms in total. The molecule has 5 atom stereocenters. The van der Waals surface area contributed by atoms with Crippen molar-refractivity contribution in [2.24, 2.45) is 16.7 Å². The molecular weight excluding hydrogens is 498 g/mol. The van der Waals surface area contributed by atoms with E-state index in [4.69, 9.17) is 9.72 Å². The molecule has 3 aromatic rings. The zero-order chi connectivity index (χ0) is 26.9. The molecule has 38 heavy (non-hydrogen) atoms. The van der Waals surface area contributed by atoms with Gasteiger partial charge in [0.2, 0.25) is 5.91 Å². The fraction of sp³-hybridized carbons (Fsp3) is 0.467. The molecule has 2 aromatic carbocycles. The highest BCUT2D eigenvalue weighted by Crippen LogP contribution is 2.62. The number of carbonyl (C=O) groups is 1. The summed E-state index contributed by atoms with van der Waals surface area (Å²) in [6, 6.07) is 17.6. The predicted octanol–water partition coefficient (Wildman–Crippen LogP) is 5.02. The van der Waals surface area contributed by atoms with E-state index in [-0.39, 0.29) is 29.8 Å². The van der Waals surface area contributed by atoms with Crippen molar-refractivity contribution in [1.29, 1.82) is 0 Å². The van der Waals surface area contributed by atoms with Crippen LogP contribution < -0.4 is 15.4 Å². The van der Waals surface area contributed by atoms with Gasteiger partial charge < -0.3 is 25.6 Å². The lowest BCUT2D eigenvalue weighted by molar-refractivity contribution is -0.144. The quantitative estimate of drug-likeness (QED) is 0.323. The number of ether oxygens (including phenoxy) is 1. The molecule has 0 saturated heterocycles. The van der Waals surface area contributed by atoms with Crippen LogP contribution in [0.25, 0.3) is 0 Å². The highest BCUT2D eigenvalue weighted by molar-refractivity contribution is 7.15. The maximum absolute atomic E-state index is 13.4. The zero-order valence-corrected chi connectivity index (χ0v) is 23.1. The van der Waals surface area contributed by atoms with E-state index in [9.17, 15) is 15.0 Å². The van der Waals surface area contributed by atoms with E-state index in [1.807, 2.05) is 61.5 Å². The van der Waals surface area contributed by atoms with Gasteiger partial charge in [-0.25, -0.2) is 4.98 Å². The lowest BCUT2D eigenvalue weighted by atomic mass is 9.47. The molecule has 1 saturated carbocycles. The summed E-state index contributed by atoms with van der Waals surface area (Å²) >= 11 is 1.61. The number of hydrogen-bond acceptors (Lipinski definition) is 7. The number of nitrogens with zero attached hydrogens (tertiary/aromatic N) is 1. The third kappa shape index (κ3) is 4.93. The molecule has 4 N–H and O–H groups in total. The third-order valence-electron chi connectivity index (χ3n) is 8.96. The summed E-state index contributed by atoms with van der Waals surface area (Å²) in [4.78, 5) is 19.5. The van der Waals surface area contributed by atoms with Gasteiger partial charge >= 0.3 is 0 Å². The molecule has 5 rings (SSSR count). The summed E-state index contributed by atoms with van der Waals surface area (Å²) in [6.45, 7) is 4.57. The van der Waals surface area contributed by atoms with E-state index >= 15 is 0 Å². The molecule has 1 amide bonds. The van der Waals surface area contributed by atoms with Gasteiger partial charge in [0.05, 0.1) is 25.5 Å². The van der Waals surface area contributed by atoms with Crippen LogP contribution in [0.1, 0.15) is 55.2 Å². The van der Waals surface area contributed by atoms with Crippen molar-refractivity contribution in [3.63, 3.8) is 0 Å². The summed E-state index contributed by atoms with van der Waals surface area (Å²) in [5.41, 5.74) is 2.03. The maximum Gasteiger partial charge on any atom is 0.220 e. The molecule has 0 unspecified atom stereocenters. The summed E-state index contributed by atoms with van der Waals surface area (Å²) < 4.78 is 5.23. The lowest BCUT2D eigenvalue weighted by Gasteiger charge is -2.58. The second kappa shape index (κ2) is 10.7. The molecule has 0 aliphatic heterocycles. The van der Waals surface area contributed by atoms with Crippen LogP contribution in [0.2, 0.25) is 0 Å². The van der Waals surface area contributed by atoms with Gasteiger partial charge in [-0.3, -0.25) is 4.79 Å². The summed E-state index contributed by atoms with van der Waals surface area (Å²) in [7, 11) is 1.63. The normalized spacial score (nSPS) is 28.2. The Bertz CT molecular complexity index is 1260. The fourth-order valence-corrected chi connectivity index (χ4v) is 7.63. The van der Waals surface area contributed by atoms with Gasteiger partial charge in [0.1, 0.15) is 5.75 Å². The predicted molar refractivity (Wildman–Crippen MR) is 150 cm³/mol. The minimum Gasteiger partial charge on any atom is -0.497 e. The highest BCUT2D eigenvalue weighted by atomic mass is 32.1. The van der Waals surface area contributed by atoms with Crippen molar-refractivity contribution in [2.45, 2.75) is 58.1 Å². The number of aliphatic hydroxyl groups excluding tert-OH is 2. The molecule has 1 fully saturated rings. The van der Waals surface area contributed by atoms with Crippen LogP contribution in [0, 0.1) is 16.7 Å². The van der Waals surface area contributed by atoms with E-state index in [0.29, 0.717) is 19.4 Å². The molecule has 0 bridgehead atoms. The number of hydrogen-bond donors (Lipinski definition) is 4. The van der Waals surface area contributed by atoms with Gasteiger partial charge in [-0.15, -0.1) is 11.3 Å². The second-order valence-corrected chi connectivity index (χ2v) is 12.3. The van der Waals surface area contributed by atoms with Crippen LogP contribution in [0.3, 0.4) is 0 Å². The molecule has 0 spiro atoms. The van der Waals surface area contributed by atoms with Gasteiger partial charge in [-0.2, -0.15) is 0 Å². The van der Waals surface area contributed by atoms with Gasteiger partial charge in [0.25, 0.3) is 0 Å². The Kier molecular flexibility index (Phi) is 7.49. The Balaban J connectivity index is 1.43. The minimum absolute atomic E-state index is 0.0268. The Labute approximate surface area is 228 Å². The van der Waals surface area contributed by atoms with Crippen LogP contribution in [-0.2, 0) is 17.8 Å². The average Bonchev–Trinajstić information content (AvgIpc) is 3.33. The Morgan fingerprint density at radius 3 is 2.58 bits per heavy atom. The minimum atomic E-state index is -0.639. The number of rotatable bonds is 8. The maximum atomic E-state index is 13.4. The van der Waals surface area contributed by atoms with Crippen LogP contribution in [0.4, 0.5) is 10.8 Å². The number of amides is 1. The number of aromatic nitrogens is 1. The second-order valence-electron chi connectivity index (χ2n) is 11.2. The number of methoxy groups -OCH3 is 1. The van der Waals surface area contributed by atoms with Crippen molar-refractivity contribution < 1.29 is 19.7 Å². The first-order valence-corrected chi connectivity index (χ1v) is 14.1. The molecular formula is C30H37N3O4S. The van der Waals surface area contributed by atoms with Crippen molar-refractivity contribution in [2.75, 3.05) is 19.0 Å². The Morgan fingerprint density at radius 1 is 1.16 bits per heavy atom.